The maximum absolute atomic E-state index is 13.3. The molecular formula is C13H17F2NO. The van der Waals surface area contributed by atoms with Crippen LogP contribution in [0.2, 0.25) is 0 Å². The minimum absolute atomic E-state index is 0.234. The van der Waals surface area contributed by atoms with Crippen molar-refractivity contribution in [2.45, 2.75) is 31.8 Å². The first kappa shape index (κ1) is 12.3. The van der Waals surface area contributed by atoms with Crippen molar-refractivity contribution in [3.8, 4) is 0 Å². The third-order valence-corrected chi connectivity index (χ3v) is 2.99. The Balaban J connectivity index is 1.72. The second kappa shape index (κ2) is 5.96. The Morgan fingerprint density at radius 3 is 3.00 bits per heavy atom. The van der Waals surface area contributed by atoms with E-state index in [0.717, 1.165) is 38.4 Å². The second-order valence-corrected chi connectivity index (χ2v) is 4.31. The number of rotatable bonds is 5. The van der Waals surface area contributed by atoms with Crippen LogP contribution in [0, 0.1) is 11.6 Å². The highest BCUT2D eigenvalue weighted by atomic mass is 19.2. The van der Waals surface area contributed by atoms with Crippen LogP contribution in [0.5, 0.6) is 0 Å². The molecule has 1 fully saturated rings. The maximum atomic E-state index is 13.3. The maximum Gasteiger partial charge on any atom is 0.181 e. The molecule has 1 atom stereocenters. The van der Waals surface area contributed by atoms with Gasteiger partial charge in [0.2, 0.25) is 0 Å². The Hall–Kier alpha value is -1.16. The lowest BCUT2D eigenvalue weighted by Crippen LogP contribution is -2.10. The van der Waals surface area contributed by atoms with Crippen LogP contribution in [0.1, 0.15) is 25.7 Å². The van der Waals surface area contributed by atoms with Crippen molar-refractivity contribution in [2.24, 2.45) is 0 Å². The Labute approximate surface area is 100.0 Å². The van der Waals surface area contributed by atoms with E-state index in [9.17, 15) is 8.78 Å². The Kier molecular flexibility index (Phi) is 4.31. The van der Waals surface area contributed by atoms with Gasteiger partial charge in [-0.2, -0.15) is 0 Å². The van der Waals surface area contributed by atoms with Gasteiger partial charge in [0, 0.05) is 13.2 Å². The SMILES string of the molecule is Fc1cccc(NCCCC2CCCO2)c1F. The lowest BCUT2D eigenvalue weighted by atomic mass is 10.1. The molecule has 0 radical (unpaired) electrons. The summed E-state index contributed by atoms with van der Waals surface area (Å²) in [5.74, 6) is -1.61. The van der Waals surface area contributed by atoms with Gasteiger partial charge in [0.05, 0.1) is 11.8 Å². The second-order valence-electron chi connectivity index (χ2n) is 4.31. The fraction of sp³-hybridized carbons (Fsp3) is 0.538. The van der Waals surface area contributed by atoms with Crippen LogP contribution in [0.15, 0.2) is 18.2 Å². The third-order valence-electron chi connectivity index (χ3n) is 2.99. The first-order chi connectivity index (χ1) is 8.27. The van der Waals surface area contributed by atoms with E-state index in [0.29, 0.717) is 12.6 Å². The van der Waals surface area contributed by atoms with Gasteiger partial charge in [-0.25, -0.2) is 8.78 Å². The van der Waals surface area contributed by atoms with E-state index in [4.69, 9.17) is 4.74 Å². The summed E-state index contributed by atoms with van der Waals surface area (Å²) in [7, 11) is 0. The van der Waals surface area contributed by atoms with Gasteiger partial charge in [-0.3, -0.25) is 0 Å². The molecule has 0 amide bonds. The zero-order valence-corrected chi connectivity index (χ0v) is 9.72. The Bertz CT molecular complexity index is 364. The highest BCUT2D eigenvalue weighted by molar-refractivity contribution is 5.44. The minimum Gasteiger partial charge on any atom is -0.383 e. The quantitative estimate of drug-likeness (QED) is 0.798. The smallest absolute Gasteiger partial charge is 0.181 e. The number of benzene rings is 1. The number of hydrogen-bond acceptors (Lipinski definition) is 2. The molecule has 0 aliphatic carbocycles. The van der Waals surface area contributed by atoms with E-state index in [1.54, 1.807) is 6.07 Å². The van der Waals surface area contributed by atoms with E-state index >= 15 is 0 Å². The van der Waals surface area contributed by atoms with Gasteiger partial charge in [-0.05, 0) is 37.8 Å². The van der Waals surface area contributed by atoms with Crippen LogP contribution in [0.3, 0.4) is 0 Å². The van der Waals surface area contributed by atoms with Gasteiger partial charge < -0.3 is 10.1 Å². The standard InChI is InChI=1S/C13H17F2NO/c14-11-6-1-7-12(13(11)15)16-8-2-4-10-5-3-9-17-10/h1,6-7,10,16H,2-5,8-9H2. The van der Waals surface area contributed by atoms with Gasteiger partial charge in [0.1, 0.15) is 0 Å². The van der Waals surface area contributed by atoms with Crippen LogP contribution in [-0.4, -0.2) is 19.3 Å². The lowest BCUT2D eigenvalue weighted by molar-refractivity contribution is 0.103. The average Bonchev–Trinajstić information content (AvgIpc) is 2.83. The summed E-state index contributed by atoms with van der Waals surface area (Å²) < 4.78 is 31.7. The van der Waals surface area contributed by atoms with Crippen LogP contribution in [0.25, 0.3) is 0 Å². The molecule has 17 heavy (non-hydrogen) atoms. The first-order valence-electron chi connectivity index (χ1n) is 6.07. The molecule has 0 bridgehead atoms. The van der Waals surface area contributed by atoms with E-state index in [1.165, 1.54) is 6.07 Å². The summed E-state index contributed by atoms with van der Waals surface area (Å²) in [6.07, 6.45) is 4.49. The van der Waals surface area contributed by atoms with Gasteiger partial charge in [0.15, 0.2) is 11.6 Å². The van der Waals surface area contributed by atoms with Crippen molar-refractivity contribution in [3.05, 3.63) is 29.8 Å². The molecule has 0 aromatic heterocycles. The Morgan fingerprint density at radius 1 is 1.35 bits per heavy atom. The highest BCUT2D eigenvalue weighted by Crippen LogP contribution is 2.18. The molecule has 1 unspecified atom stereocenters. The molecule has 1 N–H and O–H groups in total. The third kappa shape index (κ3) is 3.40. The summed E-state index contributed by atoms with van der Waals surface area (Å²) >= 11 is 0. The predicted molar refractivity (Wildman–Crippen MR) is 63.1 cm³/mol. The number of nitrogens with one attached hydrogen (secondary N) is 1. The van der Waals surface area contributed by atoms with Gasteiger partial charge >= 0.3 is 0 Å². The molecule has 4 heteroatoms. The fourth-order valence-electron chi connectivity index (χ4n) is 2.07. The van der Waals surface area contributed by atoms with Crippen LogP contribution in [0.4, 0.5) is 14.5 Å². The molecule has 2 rings (SSSR count). The average molecular weight is 241 g/mol. The topological polar surface area (TPSA) is 21.3 Å². The van der Waals surface area contributed by atoms with Crippen molar-refractivity contribution in [3.63, 3.8) is 0 Å². The van der Waals surface area contributed by atoms with E-state index in [2.05, 4.69) is 5.32 Å². The van der Waals surface area contributed by atoms with Crippen molar-refractivity contribution in [1.29, 1.82) is 0 Å². The number of anilines is 1. The fourth-order valence-corrected chi connectivity index (χ4v) is 2.07. The summed E-state index contributed by atoms with van der Waals surface area (Å²) in [5.41, 5.74) is 0.234. The Morgan fingerprint density at radius 2 is 2.24 bits per heavy atom. The van der Waals surface area contributed by atoms with Gasteiger partial charge in [0.25, 0.3) is 0 Å². The molecule has 0 saturated carbocycles. The molecular weight excluding hydrogens is 224 g/mol. The van der Waals surface area contributed by atoms with Crippen molar-refractivity contribution in [1.82, 2.24) is 0 Å². The normalized spacial score (nSPS) is 19.5. The summed E-state index contributed by atoms with van der Waals surface area (Å²) in [6.45, 7) is 1.50. The van der Waals surface area contributed by atoms with Crippen molar-refractivity contribution >= 4 is 5.69 Å². The van der Waals surface area contributed by atoms with E-state index in [1.807, 2.05) is 0 Å². The molecule has 94 valence electrons. The molecule has 1 saturated heterocycles. The van der Waals surface area contributed by atoms with Gasteiger partial charge in [-0.15, -0.1) is 0 Å². The molecule has 1 aliphatic heterocycles. The zero-order valence-electron chi connectivity index (χ0n) is 9.72. The van der Waals surface area contributed by atoms with Gasteiger partial charge in [-0.1, -0.05) is 6.07 Å². The van der Waals surface area contributed by atoms with Crippen molar-refractivity contribution in [2.75, 3.05) is 18.5 Å². The lowest BCUT2D eigenvalue weighted by Gasteiger charge is -2.10. The largest absolute Gasteiger partial charge is 0.383 e. The van der Waals surface area contributed by atoms with E-state index < -0.39 is 11.6 Å². The molecule has 1 heterocycles. The minimum atomic E-state index is -0.811. The predicted octanol–water partition coefficient (Wildman–Crippen LogP) is 3.34. The number of hydrogen-bond donors (Lipinski definition) is 1. The number of halogens is 2. The first-order valence-corrected chi connectivity index (χ1v) is 6.07. The zero-order chi connectivity index (χ0) is 12.1. The van der Waals surface area contributed by atoms with Crippen molar-refractivity contribution < 1.29 is 13.5 Å². The van der Waals surface area contributed by atoms with E-state index in [-0.39, 0.29) is 5.69 Å². The van der Waals surface area contributed by atoms with Crippen LogP contribution >= 0.6 is 0 Å². The number of ether oxygens (including phenoxy) is 1. The molecule has 1 aromatic carbocycles. The summed E-state index contributed by atoms with van der Waals surface area (Å²) in [6, 6.07) is 4.16. The summed E-state index contributed by atoms with van der Waals surface area (Å²) in [4.78, 5) is 0. The van der Waals surface area contributed by atoms with Crippen LogP contribution in [-0.2, 0) is 4.74 Å². The molecule has 1 aromatic rings. The summed E-state index contributed by atoms with van der Waals surface area (Å²) in [5, 5.41) is 2.91. The molecule has 1 aliphatic rings. The molecule has 0 spiro atoms. The van der Waals surface area contributed by atoms with Crippen LogP contribution < -0.4 is 5.32 Å². The monoisotopic (exact) mass is 241 g/mol. The highest BCUT2D eigenvalue weighted by Gasteiger charge is 2.14. The molecule has 2 nitrogen and oxygen atoms in total.